The Hall–Kier alpha value is -1.62. The average molecular weight is 321 g/mol. The Kier molecular flexibility index (Phi) is 4.28. The zero-order valence-corrected chi connectivity index (χ0v) is 11.5. The van der Waals surface area contributed by atoms with Gasteiger partial charge < -0.3 is 5.73 Å². The summed E-state index contributed by atoms with van der Waals surface area (Å²) in [7, 11) is -3.93. The number of rotatable bonds is 5. The molecule has 0 aliphatic heterocycles. The van der Waals surface area contributed by atoms with Crippen molar-refractivity contribution < 1.29 is 12.8 Å². The maximum atomic E-state index is 13.6. The first-order valence-electron chi connectivity index (χ1n) is 5.34. The minimum absolute atomic E-state index is 0.0794. The van der Waals surface area contributed by atoms with Crippen LogP contribution in [0.5, 0.6) is 0 Å². The van der Waals surface area contributed by atoms with E-state index in [1.165, 1.54) is 6.07 Å². The molecule has 20 heavy (non-hydrogen) atoms. The molecule has 0 aliphatic rings. The Labute approximate surface area is 118 Å². The predicted octanol–water partition coefficient (Wildman–Crippen LogP) is -0.0706. The number of nitrogens with one attached hydrogen (secondary N) is 2. The van der Waals surface area contributed by atoms with Gasteiger partial charge in [0.15, 0.2) is 5.82 Å². The lowest BCUT2D eigenvalue weighted by molar-refractivity contribution is 0.575. The topological polar surface area (TPSA) is 127 Å². The van der Waals surface area contributed by atoms with E-state index >= 15 is 0 Å². The van der Waals surface area contributed by atoms with Crippen molar-refractivity contribution in [3.8, 4) is 0 Å². The molecule has 0 aliphatic carbocycles. The van der Waals surface area contributed by atoms with Gasteiger partial charge in [-0.1, -0.05) is 16.8 Å². The lowest BCUT2D eigenvalue weighted by Gasteiger charge is -2.08. The van der Waals surface area contributed by atoms with Crippen LogP contribution in [0, 0.1) is 5.82 Å². The second kappa shape index (κ2) is 5.79. The number of H-pyrrole nitrogens is 1. The smallest absolute Gasteiger partial charge is 0.241 e. The van der Waals surface area contributed by atoms with E-state index in [2.05, 4.69) is 25.3 Å². The van der Waals surface area contributed by atoms with E-state index in [0.717, 1.165) is 6.07 Å². The van der Waals surface area contributed by atoms with Crippen LogP contribution in [0.3, 0.4) is 0 Å². The summed E-state index contributed by atoms with van der Waals surface area (Å²) >= 11 is 5.67. The molecule has 1 heterocycles. The minimum atomic E-state index is -3.93. The SMILES string of the molecule is NCc1cc(S(=O)(=O)NCc2nn[nH]n2)cc(F)c1Cl. The molecule has 108 valence electrons. The summed E-state index contributed by atoms with van der Waals surface area (Å²) < 4.78 is 39.8. The highest BCUT2D eigenvalue weighted by Gasteiger charge is 2.19. The molecule has 0 saturated carbocycles. The maximum absolute atomic E-state index is 13.6. The van der Waals surface area contributed by atoms with Gasteiger partial charge in [0.1, 0.15) is 5.82 Å². The van der Waals surface area contributed by atoms with Crippen LogP contribution < -0.4 is 10.5 Å². The third-order valence-corrected chi connectivity index (χ3v) is 4.22. The monoisotopic (exact) mass is 320 g/mol. The normalized spacial score (nSPS) is 11.8. The van der Waals surface area contributed by atoms with Gasteiger partial charge in [0.2, 0.25) is 10.0 Å². The van der Waals surface area contributed by atoms with Crippen molar-refractivity contribution in [2.45, 2.75) is 18.0 Å². The van der Waals surface area contributed by atoms with E-state index < -0.39 is 15.8 Å². The Morgan fingerprint density at radius 3 is 2.80 bits per heavy atom. The number of nitrogens with two attached hydrogens (primary N) is 1. The summed E-state index contributed by atoms with van der Waals surface area (Å²) in [6.45, 7) is -0.259. The first-order valence-corrected chi connectivity index (χ1v) is 7.20. The number of halogens is 2. The highest BCUT2D eigenvalue weighted by Crippen LogP contribution is 2.24. The van der Waals surface area contributed by atoms with Gasteiger partial charge in [0, 0.05) is 6.54 Å². The standard InChI is InChI=1S/C9H10ClFN6O2S/c10-9-5(3-12)1-6(2-7(9)11)20(18,19)13-4-8-14-16-17-15-8/h1-2,13H,3-4,12H2,(H,14,15,16,17). The van der Waals surface area contributed by atoms with E-state index in [1.807, 2.05) is 0 Å². The quantitative estimate of drug-likeness (QED) is 0.707. The van der Waals surface area contributed by atoms with Crippen molar-refractivity contribution in [1.82, 2.24) is 25.3 Å². The van der Waals surface area contributed by atoms with Crippen molar-refractivity contribution >= 4 is 21.6 Å². The Morgan fingerprint density at radius 2 is 2.20 bits per heavy atom. The Bertz CT molecular complexity index is 705. The fourth-order valence-corrected chi connectivity index (χ4v) is 2.65. The minimum Gasteiger partial charge on any atom is -0.326 e. The second-order valence-corrected chi connectivity index (χ2v) is 5.88. The molecule has 0 spiro atoms. The summed E-state index contributed by atoms with van der Waals surface area (Å²) in [5.74, 6) is -0.698. The van der Waals surface area contributed by atoms with Gasteiger partial charge in [-0.05, 0) is 17.7 Å². The zero-order chi connectivity index (χ0) is 14.8. The third-order valence-electron chi connectivity index (χ3n) is 2.42. The van der Waals surface area contributed by atoms with Gasteiger partial charge in [0.25, 0.3) is 0 Å². The van der Waals surface area contributed by atoms with Gasteiger partial charge in [-0.2, -0.15) is 5.21 Å². The molecule has 2 aromatic rings. The van der Waals surface area contributed by atoms with Crippen molar-refractivity contribution in [2.24, 2.45) is 5.73 Å². The average Bonchev–Trinajstić information content (AvgIpc) is 2.92. The molecule has 0 saturated heterocycles. The second-order valence-electron chi connectivity index (χ2n) is 3.73. The third kappa shape index (κ3) is 3.10. The summed E-state index contributed by atoms with van der Waals surface area (Å²) in [6.07, 6.45) is 0. The molecule has 0 atom stereocenters. The van der Waals surface area contributed by atoms with Gasteiger partial charge in [-0.15, -0.1) is 10.2 Å². The van der Waals surface area contributed by atoms with Crippen molar-refractivity contribution in [1.29, 1.82) is 0 Å². The summed E-state index contributed by atoms with van der Waals surface area (Å²) in [5.41, 5.74) is 5.58. The molecule has 0 radical (unpaired) electrons. The Balaban J connectivity index is 2.27. The van der Waals surface area contributed by atoms with Crippen LogP contribution in [-0.4, -0.2) is 29.0 Å². The van der Waals surface area contributed by atoms with Crippen LogP contribution >= 0.6 is 11.6 Å². The fraction of sp³-hybridized carbons (Fsp3) is 0.222. The molecular weight excluding hydrogens is 311 g/mol. The first kappa shape index (κ1) is 14.8. The largest absolute Gasteiger partial charge is 0.326 e. The molecule has 1 aromatic carbocycles. The number of aromatic nitrogens is 4. The van der Waals surface area contributed by atoms with Gasteiger partial charge >= 0.3 is 0 Å². The number of aromatic amines is 1. The van der Waals surface area contributed by atoms with Crippen LogP contribution in [0.4, 0.5) is 4.39 Å². The lowest BCUT2D eigenvalue weighted by Crippen LogP contribution is -2.24. The summed E-state index contributed by atoms with van der Waals surface area (Å²) in [4.78, 5) is -0.275. The molecular formula is C9H10ClFN6O2S. The molecule has 11 heteroatoms. The highest BCUT2D eigenvalue weighted by atomic mass is 35.5. The number of nitrogens with zero attached hydrogens (tertiary/aromatic N) is 3. The fourth-order valence-electron chi connectivity index (χ4n) is 1.42. The van der Waals surface area contributed by atoms with Crippen LogP contribution in [0.15, 0.2) is 17.0 Å². The number of hydrogen-bond acceptors (Lipinski definition) is 6. The molecule has 0 amide bonds. The van der Waals surface area contributed by atoms with Crippen LogP contribution in [0.1, 0.15) is 11.4 Å². The van der Waals surface area contributed by atoms with E-state index in [0.29, 0.717) is 0 Å². The highest BCUT2D eigenvalue weighted by molar-refractivity contribution is 7.89. The number of sulfonamides is 1. The molecule has 1 aromatic heterocycles. The first-order chi connectivity index (χ1) is 9.44. The predicted molar refractivity (Wildman–Crippen MR) is 67.5 cm³/mol. The van der Waals surface area contributed by atoms with Gasteiger partial charge in [-0.3, -0.25) is 0 Å². The molecule has 4 N–H and O–H groups in total. The molecule has 2 rings (SSSR count). The van der Waals surface area contributed by atoms with Crippen LogP contribution in [0.2, 0.25) is 5.02 Å². The van der Waals surface area contributed by atoms with Gasteiger partial charge in [0.05, 0.1) is 16.5 Å². The lowest BCUT2D eigenvalue weighted by atomic mass is 10.2. The van der Waals surface area contributed by atoms with Gasteiger partial charge in [-0.25, -0.2) is 17.5 Å². The molecule has 0 unspecified atom stereocenters. The van der Waals surface area contributed by atoms with Crippen molar-refractivity contribution in [3.05, 3.63) is 34.4 Å². The van der Waals surface area contributed by atoms with Crippen LogP contribution in [-0.2, 0) is 23.1 Å². The number of tetrazole rings is 1. The summed E-state index contributed by atoms with van der Waals surface area (Å²) in [5, 5.41) is 12.5. The van der Waals surface area contributed by atoms with Crippen molar-refractivity contribution in [2.75, 3.05) is 0 Å². The maximum Gasteiger partial charge on any atom is 0.241 e. The molecule has 0 fully saturated rings. The molecule has 0 bridgehead atoms. The molecule has 8 nitrogen and oxygen atoms in total. The number of hydrogen-bond donors (Lipinski definition) is 3. The van der Waals surface area contributed by atoms with E-state index in [9.17, 15) is 12.8 Å². The van der Waals surface area contributed by atoms with E-state index in [-0.39, 0.29) is 34.4 Å². The summed E-state index contributed by atoms with van der Waals surface area (Å²) in [6, 6.07) is 2.03. The zero-order valence-electron chi connectivity index (χ0n) is 9.97. The van der Waals surface area contributed by atoms with E-state index in [4.69, 9.17) is 17.3 Å². The number of benzene rings is 1. The van der Waals surface area contributed by atoms with Crippen LogP contribution in [0.25, 0.3) is 0 Å². The Morgan fingerprint density at radius 1 is 1.45 bits per heavy atom. The van der Waals surface area contributed by atoms with Crippen molar-refractivity contribution in [3.63, 3.8) is 0 Å². The van der Waals surface area contributed by atoms with E-state index in [1.54, 1.807) is 0 Å².